The van der Waals surface area contributed by atoms with Crippen molar-refractivity contribution in [2.24, 2.45) is 7.05 Å². The molecule has 2 amide bonds. The van der Waals surface area contributed by atoms with Gasteiger partial charge in [-0.05, 0) is 30.5 Å². The van der Waals surface area contributed by atoms with Crippen LogP contribution in [0, 0.1) is 6.92 Å². The second-order valence-corrected chi connectivity index (χ2v) is 6.88. The molecule has 5 heteroatoms. The number of benzene rings is 2. The van der Waals surface area contributed by atoms with Crippen molar-refractivity contribution in [2.75, 3.05) is 6.54 Å². The highest BCUT2D eigenvalue weighted by Gasteiger charge is 2.38. The summed E-state index contributed by atoms with van der Waals surface area (Å²) in [5.74, 6) is -1.54. The molecule has 0 bridgehead atoms. The Morgan fingerprint density at radius 1 is 0.963 bits per heavy atom. The Morgan fingerprint density at radius 2 is 1.67 bits per heavy atom. The first kappa shape index (κ1) is 17.1. The lowest BCUT2D eigenvalue weighted by Gasteiger charge is -2.14. The van der Waals surface area contributed by atoms with E-state index in [9.17, 15) is 14.7 Å². The van der Waals surface area contributed by atoms with Gasteiger partial charge in [-0.3, -0.25) is 14.5 Å². The number of amides is 2. The van der Waals surface area contributed by atoms with Gasteiger partial charge in [0, 0.05) is 30.7 Å². The van der Waals surface area contributed by atoms with Crippen LogP contribution in [-0.4, -0.2) is 32.9 Å². The zero-order chi connectivity index (χ0) is 19.1. The number of hydrogen-bond acceptors (Lipinski definition) is 3. The highest BCUT2D eigenvalue weighted by atomic mass is 16.3. The molecule has 0 unspecified atom stereocenters. The van der Waals surface area contributed by atoms with Crippen molar-refractivity contribution in [3.8, 4) is 0 Å². The van der Waals surface area contributed by atoms with E-state index in [1.807, 2.05) is 61.1 Å². The number of carbonyl (C=O) groups is 2. The molecule has 0 radical (unpaired) electrons. The smallest absolute Gasteiger partial charge is 0.296 e. The van der Waals surface area contributed by atoms with Crippen molar-refractivity contribution in [1.82, 2.24) is 9.47 Å². The lowest BCUT2D eigenvalue weighted by atomic mass is 10.0. The van der Waals surface area contributed by atoms with E-state index in [1.165, 1.54) is 0 Å². The molecule has 5 nitrogen and oxygen atoms in total. The van der Waals surface area contributed by atoms with Crippen LogP contribution in [0.3, 0.4) is 0 Å². The molecule has 27 heavy (non-hydrogen) atoms. The number of nitrogens with zero attached hydrogens (tertiary/aromatic N) is 2. The van der Waals surface area contributed by atoms with E-state index in [2.05, 4.69) is 0 Å². The second kappa shape index (κ2) is 6.43. The normalized spacial score (nSPS) is 14.7. The number of hydrogen-bond donors (Lipinski definition) is 1. The molecule has 1 aliphatic heterocycles. The van der Waals surface area contributed by atoms with Crippen molar-refractivity contribution >= 4 is 28.3 Å². The average molecular weight is 360 g/mol. The van der Waals surface area contributed by atoms with Crippen molar-refractivity contribution < 1.29 is 14.7 Å². The third kappa shape index (κ3) is 2.81. The molecule has 0 fully saturated rings. The molecule has 0 saturated heterocycles. The predicted octanol–water partition coefficient (Wildman–Crippen LogP) is 3.37. The minimum atomic E-state index is -0.629. The molecule has 4 rings (SSSR count). The molecule has 0 spiro atoms. The highest BCUT2D eigenvalue weighted by molar-refractivity contribution is 6.34. The maximum Gasteiger partial charge on any atom is 0.296 e. The van der Waals surface area contributed by atoms with E-state index in [1.54, 1.807) is 12.1 Å². The Kier molecular flexibility index (Phi) is 4.07. The van der Waals surface area contributed by atoms with Crippen LogP contribution in [0.5, 0.6) is 0 Å². The number of rotatable bonds is 4. The maximum absolute atomic E-state index is 12.8. The standard InChI is InChI=1S/C22H20N2O3/c1-14-7-9-15(10-8-14)19-20(25)22(27)24(21(19)26)12-11-16-13-23(2)18-6-4-3-5-17(16)18/h3-10,13,25H,11-12H2,1-2H3. The van der Waals surface area contributed by atoms with E-state index in [4.69, 9.17) is 0 Å². The predicted molar refractivity (Wildman–Crippen MR) is 104 cm³/mol. The van der Waals surface area contributed by atoms with Gasteiger partial charge in [-0.15, -0.1) is 0 Å². The van der Waals surface area contributed by atoms with Gasteiger partial charge in [0.1, 0.15) is 0 Å². The molecule has 1 N–H and O–H groups in total. The van der Waals surface area contributed by atoms with E-state index in [0.29, 0.717) is 12.0 Å². The number of aromatic nitrogens is 1. The fraction of sp³-hybridized carbons (Fsp3) is 0.182. The number of aliphatic hydroxyl groups is 1. The number of para-hydroxylation sites is 1. The van der Waals surface area contributed by atoms with Crippen LogP contribution < -0.4 is 0 Å². The van der Waals surface area contributed by atoms with Gasteiger partial charge < -0.3 is 9.67 Å². The molecule has 3 aromatic rings. The van der Waals surface area contributed by atoms with Crippen molar-refractivity contribution in [3.63, 3.8) is 0 Å². The molecule has 0 aliphatic carbocycles. The van der Waals surface area contributed by atoms with Gasteiger partial charge in [0.05, 0.1) is 5.57 Å². The SMILES string of the molecule is Cc1ccc(C2=C(O)C(=O)N(CCc3cn(C)c4ccccc34)C2=O)cc1. The van der Waals surface area contributed by atoms with E-state index in [-0.39, 0.29) is 12.1 Å². The number of imide groups is 1. The summed E-state index contributed by atoms with van der Waals surface area (Å²) in [7, 11) is 1.97. The van der Waals surface area contributed by atoms with E-state index < -0.39 is 17.6 Å². The fourth-order valence-electron chi connectivity index (χ4n) is 3.60. The highest BCUT2D eigenvalue weighted by Crippen LogP contribution is 2.29. The fourth-order valence-corrected chi connectivity index (χ4v) is 3.60. The van der Waals surface area contributed by atoms with Crippen molar-refractivity contribution in [3.05, 3.63) is 77.2 Å². The number of aliphatic hydroxyl groups excluding tert-OH is 1. The number of aryl methyl sites for hydroxylation is 2. The van der Waals surface area contributed by atoms with Crippen LogP contribution in [0.15, 0.2) is 60.5 Å². The van der Waals surface area contributed by atoms with Crippen LogP contribution in [0.2, 0.25) is 0 Å². The lowest BCUT2D eigenvalue weighted by molar-refractivity contribution is -0.138. The van der Waals surface area contributed by atoms with E-state index >= 15 is 0 Å². The van der Waals surface area contributed by atoms with Crippen LogP contribution >= 0.6 is 0 Å². The maximum atomic E-state index is 12.8. The quantitative estimate of drug-likeness (QED) is 0.726. The third-order valence-corrected chi connectivity index (χ3v) is 5.07. The van der Waals surface area contributed by atoms with Gasteiger partial charge in [0.2, 0.25) is 0 Å². The Labute approximate surface area is 157 Å². The summed E-state index contributed by atoms with van der Waals surface area (Å²) in [6.45, 7) is 2.17. The van der Waals surface area contributed by atoms with Gasteiger partial charge in [-0.1, -0.05) is 48.0 Å². The van der Waals surface area contributed by atoms with Gasteiger partial charge in [-0.2, -0.15) is 0 Å². The van der Waals surface area contributed by atoms with Crippen LogP contribution in [0.4, 0.5) is 0 Å². The van der Waals surface area contributed by atoms with E-state index in [0.717, 1.165) is 26.9 Å². The summed E-state index contributed by atoms with van der Waals surface area (Å²) in [6.07, 6.45) is 2.55. The van der Waals surface area contributed by atoms with Crippen LogP contribution in [0.25, 0.3) is 16.5 Å². The summed E-state index contributed by atoms with van der Waals surface area (Å²) >= 11 is 0. The van der Waals surface area contributed by atoms with Crippen molar-refractivity contribution in [2.45, 2.75) is 13.3 Å². The molecule has 2 aromatic carbocycles. The van der Waals surface area contributed by atoms with Gasteiger partial charge in [0.25, 0.3) is 11.8 Å². The Balaban J connectivity index is 1.58. The molecular weight excluding hydrogens is 340 g/mol. The summed E-state index contributed by atoms with van der Waals surface area (Å²) < 4.78 is 2.03. The Morgan fingerprint density at radius 3 is 2.41 bits per heavy atom. The molecule has 0 atom stereocenters. The summed E-state index contributed by atoms with van der Waals surface area (Å²) in [6, 6.07) is 15.2. The monoisotopic (exact) mass is 360 g/mol. The minimum absolute atomic E-state index is 0.0814. The number of carbonyl (C=O) groups excluding carboxylic acids is 2. The summed E-state index contributed by atoms with van der Waals surface area (Å²) in [5.41, 5.74) is 3.86. The largest absolute Gasteiger partial charge is 0.502 e. The first-order valence-corrected chi connectivity index (χ1v) is 8.87. The topological polar surface area (TPSA) is 62.5 Å². The molecule has 1 aliphatic rings. The minimum Gasteiger partial charge on any atom is -0.502 e. The van der Waals surface area contributed by atoms with Crippen LogP contribution in [0.1, 0.15) is 16.7 Å². The zero-order valence-corrected chi connectivity index (χ0v) is 15.3. The second-order valence-electron chi connectivity index (χ2n) is 6.88. The first-order valence-electron chi connectivity index (χ1n) is 8.87. The van der Waals surface area contributed by atoms with Gasteiger partial charge >= 0.3 is 0 Å². The van der Waals surface area contributed by atoms with Gasteiger partial charge in [0.15, 0.2) is 5.76 Å². The molecule has 0 saturated carbocycles. The van der Waals surface area contributed by atoms with Crippen molar-refractivity contribution in [1.29, 1.82) is 0 Å². The third-order valence-electron chi connectivity index (χ3n) is 5.07. The molecule has 2 heterocycles. The Hall–Kier alpha value is -3.34. The molecule has 136 valence electrons. The summed E-state index contributed by atoms with van der Waals surface area (Å²) in [4.78, 5) is 26.4. The van der Waals surface area contributed by atoms with Gasteiger partial charge in [-0.25, -0.2) is 0 Å². The summed E-state index contributed by atoms with van der Waals surface area (Å²) in [5, 5.41) is 11.4. The van der Waals surface area contributed by atoms with Crippen LogP contribution in [-0.2, 0) is 23.1 Å². The lowest BCUT2D eigenvalue weighted by Crippen LogP contribution is -2.33. The first-order chi connectivity index (χ1) is 13.0. The average Bonchev–Trinajstić information content (AvgIpc) is 3.09. The number of fused-ring (bicyclic) bond motifs is 1. The molecular formula is C22H20N2O3. The molecule has 1 aromatic heterocycles. The zero-order valence-electron chi connectivity index (χ0n) is 15.3. The Bertz CT molecular complexity index is 1090.